The molecular weight excluding hydrogens is 206 g/mol. The first kappa shape index (κ1) is 14.9. The van der Waals surface area contributed by atoms with Crippen LogP contribution in [0.5, 0.6) is 0 Å². The van der Waals surface area contributed by atoms with E-state index in [9.17, 15) is 4.79 Å². The minimum Gasteiger partial charge on any atom is -0.385 e. The fraction of sp³-hybridized carbons (Fsp3) is 0.818. The second kappa shape index (κ2) is 9.13. The van der Waals surface area contributed by atoms with Gasteiger partial charge in [-0.3, -0.25) is 9.69 Å². The van der Waals surface area contributed by atoms with E-state index < -0.39 is 0 Å². The third kappa shape index (κ3) is 8.21. The number of methoxy groups -OCH3 is 1. The van der Waals surface area contributed by atoms with Crippen molar-refractivity contribution in [2.45, 2.75) is 13.3 Å². The molecule has 0 spiro atoms. The highest BCUT2D eigenvalue weighted by atomic mass is 16.5. The highest BCUT2D eigenvalue weighted by molar-refractivity contribution is 5.77. The summed E-state index contributed by atoms with van der Waals surface area (Å²) in [6.07, 6.45) is 0.820. The number of nitrogens with one attached hydrogen (secondary N) is 1. The number of nitrogens with zero attached hydrogens (tertiary/aromatic N) is 2. The molecule has 0 aliphatic rings. The summed E-state index contributed by atoms with van der Waals surface area (Å²) in [5, 5.41) is 11.4. The van der Waals surface area contributed by atoms with Crippen LogP contribution in [0.25, 0.3) is 0 Å². The van der Waals surface area contributed by atoms with Crippen molar-refractivity contribution in [1.82, 2.24) is 10.2 Å². The van der Waals surface area contributed by atoms with Gasteiger partial charge in [-0.15, -0.1) is 0 Å². The van der Waals surface area contributed by atoms with Crippen LogP contribution < -0.4 is 5.32 Å². The van der Waals surface area contributed by atoms with Crippen molar-refractivity contribution in [1.29, 1.82) is 5.26 Å². The molecule has 0 aliphatic heterocycles. The molecule has 0 radical (unpaired) electrons. The molecule has 0 saturated heterocycles. The number of carbonyl (C=O) groups is 1. The molecule has 16 heavy (non-hydrogen) atoms. The van der Waals surface area contributed by atoms with E-state index in [0.717, 1.165) is 6.42 Å². The van der Waals surface area contributed by atoms with Gasteiger partial charge in [0.05, 0.1) is 18.5 Å². The molecule has 5 nitrogen and oxygen atoms in total. The number of nitriles is 1. The Bertz CT molecular complexity index is 238. The number of carbonyl (C=O) groups excluding carboxylic acids is 1. The van der Waals surface area contributed by atoms with Crippen LogP contribution in [0.4, 0.5) is 0 Å². The number of ether oxygens (including phenoxy) is 1. The van der Waals surface area contributed by atoms with Crippen LogP contribution in [0, 0.1) is 17.2 Å². The summed E-state index contributed by atoms with van der Waals surface area (Å²) in [5.74, 6) is -0.0602. The molecule has 0 rings (SSSR count). The molecular formula is C11H21N3O2. The van der Waals surface area contributed by atoms with Crippen LogP contribution in [0.3, 0.4) is 0 Å². The number of likely N-dealkylation sites (N-methyl/N-ethyl adjacent to an activating group) is 1. The number of rotatable bonds is 8. The van der Waals surface area contributed by atoms with Crippen LogP contribution in [-0.2, 0) is 9.53 Å². The van der Waals surface area contributed by atoms with Gasteiger partial charge in [-0.1, -0.05) is 0 Å². The summed E-state index contributed by atoms with van der Waals surface area (Å²) in [6, 6.07) is 2.14. The minimum atomic E-state index is -0.0497. The molecule has 5 heteroatoms. The Labute approximate surface area is 97.4 Å². The minimum absolute atomic E-state index is 0.0104. The van der Waals surface area contributed by atoms with E-state index in [1.165, 1.54) is 0 Å². The third-order valence-electron chi connectivity index (χ3n) is 2.07. The lowest BCUT2D eigenvalue weighted by Gasteiger charge is -2.17. The van der Waals surface area contributed by atoms with Gasteiger partial charge < -0.3 is 10.1 Å². The van der Waals surface area contributed by atoms with Crippen LogP contribution in [0.1, 0.15) is 13.3 Å². The van der Waals surface area contributed by atoms with E-state index in [1.807, 2.05) is 18.9 Å². The second-order valence-corrected chi connectivity index (χ2v) is 3.92. The number of hydrogen-bond acceptors (Lipinski definition) is 4. The van der Waals surface area contributed by atoms with Crippen molar-refractivity contribution in [2.75, 3.05) is 40.4 Å². The predicted molar refractivity (Wildman–Crippen MR) is 61.8 cm³/mol. The maximum atomic E-state index is 11.4. The molecule has 0 aromatic carbocycles. The zero-order valence-corrected chi connectivity index (χ0v) is 10.3. The lowest BCUT2D eigenvalue weighted by Crippen LogP contribution is -2.37. The van der Waals surface area contributed by atoms with E-state index in [0.29, 0.717) is 26.2 Å². The summed E-state index contributed by atoms with van der Waals surface area (Å²) < 4.78 is 4.87. The van der Waals surface area contributed by atoms with Crippen molar-refractivity contribution in [3.63, 3.8) is 0 Å². The first-order chi connectivity index (χ1) is 7.60. The normalized spacial score (nSPS) is 12.2. The Hall–Kier alpha value is -1.12. The van der Waals surface area contributed by atoms with Gasteiger partial charge in [0.25, 0.3) is 0 Å². The van der Waals surface area contributed by atoms with Crippen molar-refractivity contribution < 1.29 is 9.53 Å². The van der Waals surface area contributed by atoms with Gasteiger partial charge in [0.15, 0.2) is 0 Å². The zero-order chi connectivity index (χ0) is 12.4. The highest BCUT2D eigenvalue weighted by Gasteiger charge is 2.08. The fourth-order valence-corrected chi connectivity index (χ4v) is 1.32. The van der Waals surface area contributed by atoms with Gasteiger partial charge in [-0.2, -0.15) is 5.26 Å². The highest BCUT2D eigenvalue weighted by Crippen LogP contribution is 1.94. The first-order valence-electron chi connectivity index (χ1n) is 5.44. The Balaban J connectivity index is 3.59. The molecule has 0 saturated carbocycles. The quantitative estimate of drug-likeness (QED) is 0.603. The summed E-state index contributed by atoms with van der Waals surface area (Å²) >= 11 is 0. The first-order valence-corrected chi connectivity index (χ1v) is 5.44. The average molecular weight is 227 g/mol. The van der Waals surface area contributed by atoms with Crippen LogP contribution in [0.2, 0.25) is 0 Å². The van der Waals surface area contributed by atoms with E-state index in [4.69, 9.17) is 10.00 Å². The maximum Gasteiger partial charge on any atom is 0.234 e. The molecule has 0 heterocycles. The molecule has 0 aromatic rings. The predicted octanol–water partition coefficient (Wildman–Crippen LogP) is 0.231. The standard InChI is InChI=1S/C11H21N3O2/c1-10(7-12)8-14(2)9-11(15)13-5-4-6-16-3/h10H,4-6,8-9H2,1-3H3,(H,13,15). The lowest BCUT2D eigenvalue weighted by molar-refractivity contribution is -0.122. The molecule has 92 valence electrons. The SMILES string of the molecule is COCCCNC(=O)CN(C)CC(C)C#N. The smallest absolute Gasteiger partial charge is 0.234 e. The summed E-state index contributed by atoms with van der Waals surface area (Å²) in [7, 11) is 3.47. The second-order valence-electron chi connectivity index (χ2n) is 3.92. The number of amides is 1. The van der Waals surface area contributed by atoms with Gasteiger partial charge in [0.1, 0.15) is 0 Å². The molecule has 1 N–H and O–H groups in total. The van der Waals surface area contributed by atoms with Gasteiger partial charge in [-0.25, -0.2) is 0 Å². The van der Waals surface area contributed by atoms with E-state index in [1.54, 1.807) is 7.11 Å². The molecule has 0 bridgehead atoms. The largest absolute Gasteiger partial charge is 0.385 e. The van der Waals surface area contributed by atoms with Crippen LogP contribution in [0.15, 0.2) is 0 Å². The van der Waals surface area contributed by atoms with E-state index in [-0.39, 0.29) is 11.8 Å². The third-order valence-corrected chi connectivity index (χ3v) is 2.07. The Morgan fingerprint density at radius 1 is 1.62 bits per heavy atom. The van der Waals surface area contributed by atoms with Crippen molar-refractivity contribution in [2.24, 2.45) is 5.92 Å². The van der Waals surface area contributed by atoms with Gasteiger partial charge in [0.2, 0.25) is 5.91 Å². The average Bonchev–Trinajstić information content (AvgIpc) is 2.24. The molecule has 0 aromatic heterocycles. The Morgan fingerprint density at radius 2 is 2.31 bits per heavy atom. The van der Waals surface area contributed by atoms with Gasteiger partial charge >= 0.3 is 0 Å². The molecule has 1 unspecified atom stereocenters. The monoisotopic (exact) mass is 227 g/mol. The van der Waals surface area contributed by atoms with Crippen LogP contribution >= 0.6 is 0 Å². The molecule has 0 fully saturated rings. The zero-order valence-electron chi connectivity index (χ0n) is 10.3. The summed E-state index contributed by atoms with van der Waals surface area (Å²) in [6.45, 7) is 4.07. The van der Waals surface area contributed by atoms with Gasteiger partial charge in [0, 0.05) is 26.8 Å². The van der Waals surface area contributed by atoms with Crippen LogP contribution in [-0.4, -0.2) is 51.2 Å². The fourth-order valence-electron chi connectivity index (χ4n) is 1.32. The Morgan fingerprint density at radius 3 is 2.88 bits per heavy atom. The number of hydrogen-bond donors (Lipinski definition) is 1. The topological polar surface area (TPSA) is 65.4 Å². The lowest BCUT2D eigenvalue weighted by atomic mass is 10.2. The van der Waals surface area contributed by atoms with E-state index in [2.05, 4.69) is 11.4 Å². The molecule has 0 aliphatic carbocycles. The van der Waals surface area contributed by atoms with Crippen molar-refractivity contribution >= 4 is 5.91 Å². The van der Waals surface area contributed by atoms with E-state index >= 15 is 0 Å². The molecule has 1 atom stereocenters. The molecule has 1 amide bonds. The maximum absolute atomic E-state index is 11.4. The van der Waals surface area contributed by atoms with Crippen molar-refractivity contribution in [3.8, 4) is 6.07 Å². The Kier molecular flexibility index (Phi) is 8.49. The van der Waals surface area contributed by atoms with Gasteiger partial charge in [-0.05, 0) is 20.4 Å². The summed E-state index contributed by atoms with van der Waals surface area (Å²) in [4.78, 5) is 13.3. The van der Waals surface area contributed by atoms with Crippen molar-refractivity contribution in [3.05, 3.63) is 0 Å². The summed E-state index contributed by atoms with van der Waals surface area (Å²) in [5.41, 5.74) is 0.